The Balaban J connectivity index is 1.43. The standard InChI is InChI=1S/C24H26N2O4/c1-28-20-11-7-8-18(14-20)15-21-16-25-24(30-21)22-12-5-6-13-26(22)23(27)17-29-19-9-3-2-4-10-19/h2-4,7-11,14,16,22H,5-6,12-13,15,17H2,1H3/t22-/m1/s1. The zero-order valence-electron chi connectivity index (χ0n) is 17.1. The van der Waals surface area contributed by atoms with Crippen molar-refractivity contribution in [3.8, 4) is 11.5 Å². The van der Waals surface area contributed by atoms with Crippen molar-refractivity contribution in [3.63, 3.8) is 0 Å². The van der Waals surface area contributed by atoms with Crippen LogP contribution in [0.5, 0.6) is 11.5 Å². The molecule has 0 aliphatic carbocycles. The SMILES string of the molecule is COc1cccc(Cc2cnc([C@H]3CCCCN3C(=O)COc3ccccc3)o2)c1. The molecule has 4 rings (SSSR count). The number of rotatable bonds is 7. The van der Waals surface area contributed by atoms with Gasteiger partial charge in [0.25, 0.3) is 5.91 Å². The molecule has 0 unspecified atom stereocenters. The van der Waals surface area contributed by atoms with Crippen molar-refractivity contribution in [2.24, 2.45) is 0 Å². The number of benzene rings is 2. The van der Waals surface area contributed by atoms with Gasteiger partial charge >= 0.3 is 0 Å². The zero-order chi connectivity index (χ0) is 20.8. The van der Waals surface area contributed by atoms with Crippen molar-refractivity contribution in [1.29, 1.82) is 0 Å². The Kier molecular flexibility index (Phi) is 6.32. The first-order valence-electron chi connectivity index (χ1n) is 10.3. The average Bonchev–Trinajstić information content (AvgIpc) is 3.26. The minimum Gasteiger partial charge on any atom is -0.497 e. The Bertz CT molecular complexity index is 970. The number of nitrogens with zero attached hydrogens (tertiary/aromatic N) is 2. The number of carbonyl (C=O) groups excluding carboxylic acids is 1. The van der Waals surface area contributed by atoms with E-state index in [1.807, 2.05) is 59.5 Å². The van der Waals surface area contributed by atoms with Crippen LogP contribution in [0, 0.1) is 0 Å². The Morgan fingerprint density at radius 2 is 1.97 bits per heavy atom. The fourth-order valence-corrected chi connectivity index (χ4v) is 3.77. The quantitative estimate of drug-likeness (QED) is 0.582. The van der Waals surface area contributed by atoms with Gasteiger partial charge in [0.05, 0.1) is 13.3 Å². The summed E-state index contributed by atoms with van der Waals surface area (Å²) in [6.45, 7) is 0.702. The summed E-state index contributed by atoms with van der Waals surface area (Å²) in [4.78, 5) is 19.2. The van der Waals surface area contributed by atoms with Crippen LogP contribution in [-0.4, -0.2) is 36.1 Å². The second-order valence-electron chi connectivity index (χ2n) is 7.39. The molecule has 3 aromatic rings. The molecule has 2 heterocycles. The number of oxazole rings is 1. The van der Waals surface area contributed by atoms with Gasteiger partial charge in [-0.2, -0.15) is 0 Å². The summed E-state index contributed by atoms with van der Waals surface area (Å²) in [7, 11) is 1.65. The minimum absolute atomic E-state index is 0.0118. The third-order valence-corrected chi connectivity index (χ3v) is 5.30. The Morgan fingerprint density at radius 3 is 2.80 bits per heavy atom. The molecule has 6 heteroatoms. The smallest absolute Gasteiger partial charge is 0.261 e. The third kappa shape index (κ3) is 4.82. The van der Waals surface area contributed by atoms with E-state index in [0.29, 0.717) is 24.6 Å². The molecule has 0 N–H and O–H groups in total. The summed E-state index contributed by atoms with van der Waals surface area (Å²) in [5, 5.41) is 0. The second kappa shape index (κ2) is 9.48. The maximum absolute atomic E-state index is 12.8. The number of ether oxygens (including phenoxy) is 2. The second-order valence-corrected chi connectivity index (χ2v) is 7.39. The number of hydrogen-bond acceptors (Lipinski definition) is 5. The lowest BCUT2D eigenvalue weighted by Gasteiger charge is -2.33. The van der Waals surface area contributed by atoms with Gasteiger partial charge in [0.1, 0.15) is 23.3 Å². The highest BCUT2D eigenvalue weighted by Gasteiger charge is 2.31. The molecule has 1 aliphatic rings. The number of amides is 1. The third-order valence-electron chi connectivity index (χ3n) is 5.30. The van der Waals surface area contributed by atoms with Crippen LogP contribution in [0.2, 0.25) is 0 Å². The van der Waals surface area contributed by atoms with E-state index in [1.165, 1.54) is 0 Å². The van der Waals surface area contributed by atoms with Crippen LogP contribution in [-0.2, 0) is 11.2 Å². The molecule has 156 valence electrons. The maximum Gasteiger partial charge on any atom is 0.261 e. The first kappa shape index (κ1) is 20.0. The van der Waals surface area contributed by atoms with E-state index in [-0.39, 0.29) is 18.6 Å². The van der Waals surface area contributed by atoms with E-state index in [1.54, 1.807) is 13.3 Å². The van der Waals surface area contributed by atoms with Gasteiger partial charge in [-0.05, 0) is 49.1 Å². The molecule has 2 aromatic carbocycles. The van der Waals surface area contributed by atoms with Crippen molar-refractivity contribution in [1.82, 2.24) is 9.88 Å². The summed E-state index contributed by atoms with van der Waals surface area (Å²) in [5.74, 6) is 2.83. The number of aromatic nitrogens is 1. The molecule has 0 bridgehead atoms. The molecule has 0 spiro atoms. The van der Waals surface area contributed by atoms with Crippen LogP contribution < -0.4 is 9.47 Å². The van der Waals surface area contributed by atoms with E-state index in [9.17, 15) is 4.79 Å². The summed E-state index contributed by atoms with van der Waals surface area (Å²) in [6.07, 6.45) is 5.25. The van der Waals surface area contributed by atoms with Crippen LogP contribution in [0.3, 0.4) is 0 Å². The monoisotopic (exact) mass is 406 g/mol. The minimum atomic E-state index is -0.148. The summed E-state index contributed by atoms with van der Waals surface area (Å²) in [5.41, 5.74) is 1.09. The molecule has 1 aliphatic heterocycles. The number of hydrogen-bond donors (Lipinski definition) is 0. The highest BCUT2D eigenvalue weighted by atomic mass is 16.5. The molecule has 1 atom stereocenters. The van der Waals surface area contributed by atoms with Crippen LogP contribution in [0.4, 0.5) is 0 Å². The van der Waals surface area contributed by atoms with E-state index in [0.717, 1.165) is 36.3 Å². The molecular formula is C24H26N2O4. The summed E-state index contributed by atoms with van der Waals surface area (Å²) < 4.78 is 17.0. The number of likely N-dealkylation sites (tertiary alicyclic amines) is 1. The normalized spacial score (nSPS) is 16.3. The highest BCUT2D eigenvalue weighted by molar-refractivity contribution is 5.78. The molecule has 30 heavy (non-hydrogen) atoms. The number of piperidine rings is 1. The van der Waals surface area contributed by atoms with Gasteiger partial charge in [-0.15, -0.1) is 0 Å². The van der Waals surface area contributed by atoms with Crippen LogP contribution in [0.1, 0.15) is 42.5 Å². The Morgan fingerprint density at radius 1 is 1.13 bits per heavy atom. The van der Waals surface area contributed by atoms with Crippen LogP contribution in [0.25, 0.3) is 0 Å². The van der Waals surface area contributed by atoms with Crippen molar-refractivity contribution in [3.05, 3.63) is 78.0 Å². The predicted octanol–water partition coefficient (Wildman–Crippen LogP) is 4.41. The molecule has 1 saturated heterocycles. The fraction of sp³-hybridized carbons (Fsp3) is 0.333. The lowest BCUT2D eigenvalue weighted by Crippen LogP contribution is -2.41. The van der Waals surface area contributed by atoms with Crippen LogP contribution >= 0.6 is 0 Å². The average molecular weight is 406 g/mol. The van der Waals surface area contributed by atoms with Crippen LogP contribution in [0.15, 0.2) is 65.2 Å². The number of carbonyl (C=O) groups is 1. The first-order chi connectivity index (χ1) is 14.7. The molecule has 0 radical (unpaired) electrons. The van der Waals surface area contributed by atoms with Gasteiger partial charge < -0.3 is 18.8 Å². The predicted molar refractivity (Wildman–Crippen MR) is 113 cm³/mol. The van der Waals surface area contributed by atoms with Gasteiger partial charge in [0, 0.05) is 13.0 Å². The van der Waals surface area contributed by atoms with E-state index in [2.05, 4.69) is 4.98 Å². The van der Waals surface area contributed by atoms with E-state index in [4.69, 9.17) is 13.9 Å². The van der Waals surface area contributed by atoms with Crippen molar-refractivity contribution < 1.29 is 18.7 Å². The molecule has 1 fully saturated rings. The number of methoxy groups -OCH3 is 1. The topological polar surface area (TPSA) is 64.8 Å². The number of para-hydroxylation sites is 1. The van der Waals surface area contributed by atoms with Gasteiger partial charge in [0.15, 0.2) is 6.61 Å². The molecule has 1 aromatic heterocycles. The maximum atomic E-state index is 12.8. The fourth-order valence-electron chi connectivity index (χ4n) is 3.77. The Hall–Kier alpha value is -3.28. The lowest BCUT2D eigenvalue weighted by molar-refractivity contribution is -0.137. The summed E-state index contributed by atoms with van der Waals surface area (Å²) >= 11 is 0. The van der Waals surface area contributed by atoms with Crippen molar-refractivity contribution >= 4 is 5.91 Å². The van der Waals surface area contributed by atoms with Gasteiger partial charge in [-0.25, -0.2) is 4.98 Å². The summed E-state index contributed by atoms with van der Waals surface area (Å²) in [6, 6.07) is 17.1. The largest absolute Gasteiger partial charge is 0.497 e. The molecular weight excluding hydrogens is 380 g/mol. The zero-order valence-corrected chi connectivity index (χ0v) is 17.1. The van der Waals surface area contributed by atoms with Crippen molar-refractivity contribution in [2.75, 3.05) is 20.3 Å². The lowest BCUT2D eigenvalue weighted by atomic mass is 10.0. The van der Waals surface area contributed by atoms with Gasteiger partial charge in [0.2, 0.25) is 5.89 Å². The van der Waals surface area contributed by atoms with E-state index < -0.39 is 0 Å². The highest BCUT2D eigenvalue weighted by Crippen LogP contribution is 2.31. The van der Waals surface area contributed by atoms with Crippen molar-refractivity contribution in [2.45, 2.75) is 31.7 Å². The van der Waals surface area contributed by atoms with Gasteiger partial charge in [-0.3, -0.25) is 4.79 Å². The Labute approximate surface area is 176 Å². The molecule has 1 amide bonds. The first-order valence-corrected chi connectivity index (χ1v) is 10.3. The van der Waals surface area contributed by atoms with E-state index >= 15 is 0 Å². The molecule has 6 nitrogen and oxygen atoms in total. The molecule has 0 saturated carbocycles. The van der Waals surface area contributed by atoms with Gasteiger partial charge in [-0.1, -0.05) is 30.3 Å².